The van der Waals surface area contributed by atoms with Crippen LogP contribution in [-0.2, 0) is 14.3 Å². The minimum absolute atomic E-state index is 0.00225. The fraction of sp³-hybridized carbons (Fsp3) is 0.286. The zero-order chi connectivity index (χ0) is 28.2. The number of aromatic amines is 1. The number of amides is 3. The van der Waals surface area contributed by atoms with Gasteiger partial charge in [-0.1, -0.05) is 29.8 Å². The Morgan fingerprint density at radius 2 is 2.05 bits per heavy atom. The smallest absolute Gasteiger partial charge is 0.411 e. The van der Waals surface area contributed by atoms with E-state index in [1.807, 2.05) is 12.2 Å². The van der Waals surface area contributed by atoms with Gasteiger partial charge in [-0.05, 0) is 43.2 Å². The second kappa shape index (κ2) is 11.8. The number of imidazole rings is 1. The largest absolute Gasteiger partial charge is 0.453 e. The number of aromatic nitrogens is 2. The van der Waals surface area contributed by atoms with Crippen molar-refractivity contribution in [3.05, 3.63) is 71.4 Å². The van der Waals surface area contributed by atoms with Crippen LogP contribution in [-0.4, -0.2) is 59.5 Å². The fourth-order valence-corrected chi connectivity index (χ4v) is 5.05. The van der Waals surface area contributed by atoms with Crippen molar-refractivity contribution in [2.45, 2.75) is 25.3 Å². The van der Waals surface area contributed by atoms with Crippen molar-refractivity contribution in [2.24, 2.45) is 0 Å². The Hall–Kier alpha value is -4.38. The number of piperazine rings is 1. The molecule has 3 amide bonds. The number of hydrogen-bond acceptors (Lipinski definition) is 6. The molecule has 12 heteroatoms. The first kappa shape index (κ1) is 27.2. The van der Waals surface area contributed by atoms with Crippen LogP contribution in [0, 0.1) is 5.82 Å². The molecule has 1 saturated heterocycles. The van der Waals surface area contributed by atoms with Crippen molar-refractivity contribution in [1.82, 2.24) is 14.9 Å². The molecule has 0 saturated carbocycles. The summed E-state index contributed by atoms with van der Waals surface area (Å²) in [6, 6.07) is 9.43. The van der Waals surface area contributed by atoms with E-state index >= 15 is 0 Å². The van der Waals surface area contributed by atoms with Crippen molar-refractivity contribution in [3.63, 3.8) is 0 Å². The number of fused-ring (bicyclic) bond motifs is 4. The molecule has 3 aromatic rings. The highest BCUT2D eigenvalue weighted by Gasteiger charge is 2.33. The summed E-state index contributed by atoms with van der Waals surface area (Å²) < 4.78 is 19.3. The molecule has 40 heavy (non-hydrogen) atoms. The van der Waals surface area contributed by atoms with Crippen LogP contribution in [0.2, 0.25) is 5.02 Å². The maximum Gasteiger partial charge on any atom is 0.411 e. The summed E-state index contributed by atoms with van der Waals surface area (Å²) in [4.78, 5) is 49.2. The first-order chi connectivity index (χ1) is 19.3. The van der Waals surface area contributed by atoms with E-state index < -0.39 is 18.0 Å². The van der Waals surface area contributed by atoms with E-state index in [-0.39, 0.29) is 29.8 Å². The molecule has 2 aliphatic rings. The molecule has 0 aliphatic carbocycles. The van der Waals surface area contributed by atoms with Crippen LogP contribution < -0.4 is 15.5 Å². The third-order valence-corrected chi connectivity index (χ3v) is 7.18. The lowest BCUT2D eigenvalue weighted by molar-refractivity contribution is -0.133. The van der Waals surface area contributed by atoms with E-state index in [0.29, 0.717) is 60.1 Å². The van der Waals surface area contributed by atoms with Gasteiger partial charge in [0, 0.05) is 37.0 Å². The van der Waals surface area contributed by atoms with Gasteiger partial charge in [0.05, 0.1) is 41.8 Å². The van der Waals surface area contributed by atoms with Crippen LogP contribution in [0.4, 0.5) is 26.2 Å². The predicted octanol–water partition coefficient (Wildman–Crippen LogP) is 5.12. The molecule has 2 aliphatic heterocycles. The highest BCUT2D eigenvalue weighted by molar-refractivity contribution is 6.31. The lowest BCUT2D eigenvalue weighted by Gasteiger charge is -2.39. The molecule has 1 fully saturated rings. The molecule has 0 spiro atoms. The van der Waals surface area contributed by atoms with Gasteiger partial charge in [-0.3, -0.25) is 14.9 Å². The quantitative estimate of drug-likeness (QED) is 0.379. The lowest BCUT2D eigenvalue weighted by Crippen LogP contribution is -2.52. The molecule has 2 aromatic carbocycles. The highest BCUT2D eigenvalue weighted by atomic mass is 35.5. The fourth-order valence-electron chi connectivity index (χ4n) is 4.88. The van der Waals surface area contributed by atoms with Crippen LogP contribution >= 0.6 is 11.6 Å². The van der Waals surface area contributed by atoms with E-state index in [9.17, 15) is 18.8 Å². The number of halogens is 2. The number of hydrogen-bond donors (Lipinski definition) is 3. The maximum absolute atomic E-state index is 14.6. The van der Waals surface area contributed by atoms with Gasteiger partial charge in [0.1, 0.15) is 5.82 Å². The third-order valence-electron chi connectivity index (χ3n) is 6.88. The maximum atomic E-state index is 14.6. The highest BCUT2D eigenvalue weighted by Crippen LogP contribution is 2.34. The van der Waals surface area contributed by atoms with Crippen molar-refractivity contribution in [2.75, 3.05) is 42.3 Å². The average molecular weight is 567 g/mol. The number of ether oxygens (including phenoxy) is 1. The summed E-state index contributed by atoms with van der Waals surface area (Å²) in [6.45, 7) is 0.786. The molecule has 3 N–H and O–H groups in total. The average Bonchev–Trinajstić information content (AvgIpc) is 3.42. The van der Waals surface area contributed by atoms with E-state index in [0.717, 1.165) is 0 Å². The molecule has 10 nitrogen and oxygen atoms in total. The second-order valence-electron chi connectivity index (χ2n) is 9.44. The third kappa shape index (κ3) is 5.79. The van der Waals surface area contributed by atoms with Gasteiger partial charge in [-0.15, -0.1) is 0 Å². The van der Waals surface area contributed by atoms with Crippen molar-refractivity contribution in [1.29, 1.82) is 0 Å². The zero-order valence-corrected chi connectivity index (χ0v) is 22.5. The Labute approximate surface area is 235 Å². The molecule has 5 rings (SSSR count). The first-order valence-corrected chi connectivity index (χ1v) is 13.2. The van der Waals surface area contributed by atoms with Gasteiger partial charge in [-0.2, -0.15) is 0 Å². The van der Waals surface area contributed by atoms with Crippen LogP contribution in [0.1, 0.15) is 31.1 Å². The Morgan fingerprint density at radius 1 is 1.20 bits per heavy atom. The SMILES string of the molecule is COC(=O)Nc1ccc2c(c1)NC(=O)CC/C=C/C[C@H](N1CCN(c3cccc(Cl)c3F)CC1=O)c1nc-2c[nH]1. The molecule has 0 radical (unpaired) electrons. The number of methoxy groups -OCH3 is 1. The molecule has 208 valence electrons. The molecule has 0 unspecified atom stereocenters. The van der Waals surface area contributed by atoms with Gasteiger partial charge in [0.25, 0.3) is 0 Å². The summed E-state index contributed by atoms with van der Waals surface area (Å²) in [7, 11) is 1.27. The van der Waals surface area contributed by atoms with E-state index in [4.69, 9.17) is 16.6 Å². The minimum Gasteiger partial charge on any atom is -0.453 e. The summed E-state index contributed by atoms with van der Waals surface area (Å²) >= 11 is 5.96. The summed E-state index contributed by atoms with van der Waals surface area (Å²) in [6.07, 6.45) is 6.19. The number of benzene rings is 2. The Morgan fingerprint density at radius 3 is 2.85 bits per heavy atom. The number of carbonyl (C=O) groups excluding carboxylic acids is 3. The molecule has 1 atom stereocenters. The number of allylic oxidation sites excluding steroid dienone is 1. The van der Waals surface area contributed by atoms with Gasteiger partial charge < -0.3 is 24.8 Å². The molecule has 2 bridgehead atoms. The Balaban J connectivity index is 1.44. The predicted molar refractivity (Wildman–Crippen MR) is 150 cm³/mol. The topological polar surface area (TPSA) is 120 Å². The van der Waals surface area contributed by atoms with Crippen LogP contribution in [0.5, 0.6) is 0 Å². The zero-order valence-electron chi connectivity index (χ0n) is 21.7. The van der Waals surface area contributed by atoms with E-state index in [1.54, 1.807) is 46.3 Å². The van der Waals surface area contributed by atoms with Crippen LogP contribution in [0.25, 0.3) is 11.3 Å². The molecule has 3 heterocycles. The monoisotopic (exact) mass is 566 g/mol. The van der Waals surface area contributed by atoms with E-state index in [2.05, 4.69) is 20.4 Å². The summed E-state index contributed by atoms with van der Waals surface area (Å²) in [5.74, 6) is -0.309. The van der Waals surface area contributed by atoms with Gasteiger partial charge in [-0.25, -0.2) is 14.2 Å². The van der Waals surface area contributed by atoms with Crippen LogP contribution in [0.15, 0.2) is 54.7 Å². The normalized spacial score (nSPS) is 18.5. The number of nitrogens with zero attached hydrogens (tertiary/aromatic N) is 3. The number of H-pyrrole nitrogens is 1. The molecule has 1 aromatic heterocycles. The lowest BCUT2D eigenvalue weighted by atomic mass is 10.1. The van der Waals surface area contributed by atoms with Crippen LogP contribution in [0.3, 0.4) is 0 Å². The van der Waals surface area contributed by atoms with Crippen molar-refractivity contribution in [3.8, 4) is 11.3 Å². The summed E-state index contributed by atoms with van der Waals surface area (Å²) in [5, 5.41) is 5.52. The van der Waals surface area contributed by atoms with E-state index in [1.165, 1.54) is 13.2 Å². The first-order valence-electron chi connectivity index (χ1n) is 12.8. The Bertz CT molecular complexity index is 1470. The van der Waals surface area contributed by atoms with Gasteiger partial charge >= 0.3 is 6.09 Å². The minimum atomic E-state index is -0.631. The Kier molecular flexibility index (Phi) is 8.01. The number of anilines is 3. The standard InChI is InChI=1S/C28H28ClFN6O4/c1-40-28(39)32-17-10-11-18-20(14-17)33-24(37)9-4-2-3-7-23(27-31-15-21(18)34-27)36-13-12-35(16-25(36)38)22-8-5-6-19(29)26(22)30/h2-3,5-6,8,10-11,14-15,23H,4,7,9,12-13,16H2,1H3,(H,31,34)(H,32,39)(H,33,37)/b3-2+/t23-/m0/s1. The molecular weight excluding hydrogens is 539 g/mol. The second-order valence-corrected chi connectivity index (χ2v) is 9.85. The molecular formula is C28H28ClFN6O4. The number of carbonyl (C=O) groups is 3. The van der Waals surface area contributed by atoms with Crippen molar-refractivity contribution < 1.29 is 23.5 Å². The van der Waals surface area contributed by atoms with Crippen molar-refractivity contribution >= 4 is 46.6 Å². The number of nitrogens with one attached hydrogen (secondary N) is 3. The number of rotatable bonds is 3. The van der Waals surface area contributed by atoms with Gasteiger partial charge in [0.2, 0.25) is 11.8 Å². The van der Waals surface area contributed by atoms with Gasteiger partial charge in [0.15, 0.2) is 5.82 Å². The summed E-state index contributed by atoms with van der Waals surface area (Å²) in [5.41, 5.74) is 2.43.